The van der Waals surface area contributed by atoms with Gasteiger partial charge in [0.15, 0.2) is 6.10 Å². The summed E-state index contributed by atoms with van der Waals surface area (Å²) in [7, 11) is 1.14. The van der Waals surface area contributed by atoms with Gasteiger partial charge in [0.25, 0.3) is 7.82 Å². The lowest BCUT2D eigenvalue weighted by molar-refractivity contribution is -0.870. The Morgan fingerprint density at radius 3 is 1.84 bits per heavy atom. The molecule has 10 nitrogen and oxygen atoms in total. The molecule has 11 heteroatoms. The number of hydrogen-bond acceptors (Lipinski definition) is 9. The summed E-state index contributed by atoms with van der Waals surface area (Å²) < 4.78 is 39.6. The van der Waals surface area contributed by atoms with Crippen molar-refractivity contribution in [2.24, 2.45) is 0 Å². The van der Waals surface area contributed by atoms with Crippen LogP contribution in [0.25, 0.3) is 0 Å². The summed E-state index contributed by atoms with van der Waals surface area (Å²) >= 11 is 0. The Bertz CT molecular complexity index is 1100. The number of hydrogen-bond donors (Lipinski definition) is 0. The summed E-state index contributed by atoms with van der Waals surface area (Å²) in [6.45, 7) is 4.12. The zero-order chi connectivity index (χ0) is 40.5. The van der Waals surface area contributed by atoms with Crippen LogP contribution in [0, 0.1) is 0 Å². The SMILES string of the molecule is CCCCC/C=C\C/C=C\CCCCCCCC(=O)O[C@H](COC(=O)CCCCCCC/C=C\CC1OC1CCCCC)COP(=O)([O-])OCC[N+](C)(C)C. The van der Waals surface area contributed by atoms with E-state index in [0.717, 1.165) is 77.0 Å². The Morgan fingerprint density at radius 2 is 1.22 bits per heavy atom. The fourth-order valence-corrected chi connectivity index (χ4v) is 6.71. The Kier molecular flexibility index (Phi) is 30.9. The number of nitrogens with zero attached hydrogens (tertiary/aromatic N) is 1. The van der Waals surface area contributed by atoms with Crippen LogP contribution < -0.4 is 4.89 Å². The first kappa shape index (κ1) is 51.2. The van der Waals surface area contributed by atoms with Gasteiger partial charge < -0.3 is 32.6 Å². The molecule has 0 radical (unpaired) electrons. The van der Waals surface area contributed by atoms with Crippen molar-refractivity contribution in [2.75, 3.05) is 47.5 Å². The van der Waals surface area contributed by atoms with Crippen molar-refractivity contribution in [2.45, 2.75) is 186 Å². The molecule has 1 aliphatic rings. The van der Waals surface area contributed by atoms with Crippen LogP contribution in [0.2, 0.25) is 0 Å². The van der Waals surface area contributed by atoms with E-state index in [2.05, 4.69) is 50.3 Å². The Labute approximate surface area is 336 Å². The Balaban J connectivity index is 2.30. The third kappa shape index (κ3) is 34.0. The Hall–Kier alpha value is -1.81. The molecule has 0 aromatic carbocycles. The van der Waals surface area contributed by atoms with Crippen LogP contribution in [0.4, 0.5) is 0 Å². The first-order chi connectivity index (χ1) is 26.5. The molecular formula is C44H80NO9P. The van der Waals surface area contributed by atoms with Crippen molar-refractivity contribution >= 4 is 19.8 Å². The molecule has 1 heterocycles. The van der Waals surface area contributed by atoms with Gasteiger partial charge in [0.2, 0.25) is 0 Å². The molecule has 3 unspecified atom stereocenters. The van der Waals surface area contributed by atoms with Crippen LogP contribution >= 0.6 is 7.82 Å². The maximum atomic E-state index is 12.7. The highest BCUT2D eigenvalue weighted by Crippen LogP contribution is 2.38. The second-order valence-corrected chi connectivity index (χ2v) is 17.5. The predicted molar refractivity (Wildman–Crippen MR) is 221 cm³/mol. The lowest BCUT2D eigenvalue weighted by atomic mass is 10.1. The highest BCUT2D eigenvalue weighted by molar-refractivity contribution is 7.45. The molecule has 1 saturated heterocycles. The van der Waals surface area contributed by atoms with E-state index in [0.29, 0.717) is 36.1 Å². The molecule has 0 bridgehead atoms. The second kappa shape index (κ2) is 33.2. The van der Waals surface area contributed by atoms with E-state index in [1.807, 2.05) is 21.1 Å². The highest BCUT2D eigenvalue weighted by atomic mass is 31.2. The van der Waals surface area contributed by atoms with E-state index in [1.54, 1.807) is 0 Å². The standard InChI is InChI=1S/C44H80NO9P/c1-6-8-10-11-12-13-14-15-16-17-18-19-24-27-31-35-44(47)53-40(39-52-55(48,49)51-37-36-45(3,4)5)38-50-43(46)34-30-26-23-21-20-22-25-29-33-42-41(54-42)32-28-9-7-2/h12-13,15-16,25,29,40-42H,6-11,14,17-24,26-28,30-39H2,1-5H3/b13-12-,16-15-,29-25-/t40-,41?,42?/m1/s1. The second-order valence-electron chi connectivity index (χ2n) is 16.1. The predicted octanol–water partition coefficient (Wildman–Crippen LogP) is 10.5. The first-order valence-corrected chi connectivity index (χ1v) is 23.3. The smallest absolute Gasteiger partial charge is 0.306 e. The van der Waals surface area contributed by atoms with Gasteiger partial charge in [0, 0.05) is 12.8 Å². The number of quaternary nitrogens is 1. The molecule has 0 aliphatic carbocycles. The number of carbonyl (C=O) groups excluding carboxylic acids is 2. The number of allylic oxidation sites excluding steroid dienone is 5. The number of ether oxygens (including phenoxy) is 3. The molecule has 1 rings (SSSR count). The van der Waals surface area contributed by atoms with Crippen molar-refractivity contribution in [1.82, 2.24) is 0 Å². The fourth-order valence-electron chi connectivity index (χ4n) is 5.98. The maximum Gasteiger partial charge on any atom is 0.306 e. The average molecular weight is 798 g/mol. The number of unbranched alkanes of at least 4 members (excludes halogenated alkanes) is 15. The minimum Gasteiger partial charge on any atom is -0.756 e. The van der Waals surface area contributed by atoms with Gasteiger partial charge in [-0.2, -0.15) is 0 Å². The molecule has 0 amide bonds. The zero-order valence-electron chi connectivity index (χ0n) is 35.6. The van der Waals surface area contributed by atoms with Gasteiger partial charge in [-0.3, -0.25) is 14.2 Å². The van der Waals surface area contributed by atoms with Crippen LogP contribution in [0.5, 0.6) is 0 Å². The van der Waals surface area contributed by atoms with Crippen LogP contribution in [0.3, 0.4) is 0 Å². The van der Waals surface area contributed by atoms with Crippen LogP contribution in [0.15, 0.2) is 36.5 Å². The van der Waals surface area contributed by atoms with Gasteiger partial charge in [0.05, 0.1) is 40.0 Å². The number of esters is 2. The van der Waals surface area contributed by atoms with Crippen molar-refractivity contribution in [1.29, 1.82) is 0 Å². The topological polar surface area (TPSA) is 124 Å². The number of carbonyl (C=O) groups is 2. The summed E-state index contributed by atoms with van der Waals surface area (Å²) in [5, 5.41) is 0. The maximum absolute atomic E-state index is 12.7. The van der Waals surface area contributed by atoms with Gasteiger partial charge >= 0.3 is 11.9 Å². The number of phosphoric ester groups is 1. The van der Waals surface area contributed by atoms with Gasteiger partial charge in [0.1, 0.15) is 19.8 Å². The zero-order valence-corrected chi connectivity index (χ0v) is 36.5. The van der Waals surface area contributed by atoms with Crippen LogP contribution in [-0.4, -0.2) is 82.2 Å². The van der Waals surface area contributed by atoms with Crippen LogP contribution in [-0.2, 0) is 37.4 Å². The van der Waals surface area contributed by atoms with Crippen LogP contribution in [0.1, 0.15) is 168 Å². The third-order valence-corrected chi connectivity index (χ3v) is 10.5. The van der Waals surface area contributed by atoms with Gasteiger partial charge in [-0.25, -0.2) is 0 Å². The minimum absolute atomic E-state index is 0.0390. The lowest BCUT2D eigenvalue weighted by Gasteiger charge is -2.28. The summed E-state index contributed by atoms with van der Waals surface area (Å²) in [6, 6.07) is 0. The van der Waals surface area contributed by atoms with Crippen molar-refractivity contribution in [3.63, 3.8) is 0 Å². The molecule has 55 heavy (non-hydrogen) atoms. The Morgan fingerprint density at radius 1 is 0.673 bits per heavy atom. The average Bonchev–Trinajstić information content (AvgIpc) is 3.89. The van der Waals surface area contributed by atoms with Gasteiger partial charge in [-0.05, 0) is 70.6 Å². The summed E-state index contributed by atoms with van der Waals surface area (Å²) in [6.07, 6.45) is 37.6. The summed E-state index contributed by atoms with van der Waals surface area (Å²) in [5.41, 5.74) is 0. The first-order valence-electron chi connectivity index (χ1n) is 21.8. The van der Waals surface area contributed by atoms with E-state index < -0.39 is 32.5 Å². The third-order valence-electron chi connectivity index (χ3n) is 9.56. The number of likely N-dealkylation sites (N-methyl/N-ethyl adjacent to an activating group) is 1. The van der Waals surface area contributed by atoms with E-state index >= 15 is 0 Å². The minimum atomic E-state index is -4.63. The number of phosphoric acid groups is 1. The van der Waals surface area contributed by atoms with Crippen molar-refractivity contribution < 1.29 is 46.8 Å². The largest absolute Gasteiger partial charge is 0.756 e. The fraction of sp³-hybridized carbons (Fsp3) is 0.818. The van der Waals surface area contributed by atoms with E-state index in [1.165, 1.54) is 51.4 Å². The monoisotopic (exact) mass is 798 g/mol. The van der Waals surface area contributed by atoms with E-state index in [4.69, 9.17) is 23.3 Å². The quantitative estimate of drug-likeness (QED) is 0.0150. The molecule has 4 atom stereocenters. The lowest BCUT2D eigenvalue weighted by Crippen LogP contribution is -2.37. The number of rotatable bonds is 38. The molecule has 1 aliphatic heterocycles. The summed E-state index contributed by atoms with van der Waals surface area (Å²) in [4.78, 5) is 37.5. The molecular weight excluding hydrogens is 717 g/mol. The van der Waals surface area contributed by atoms with Crippen molar-refractivity contribution in [3.8, 4) is 0 Å². The normalized spacial score (nSPS) is 17.6. The molecule has 0 spiro atoms. The van der Waals surface area contributed by atoms with E-state index in [-0.39, 0.29) is 26.1 Å². The molecule has 0 aromatic heterocycles. The molecule has 0 saturated carbocycles. The van der Waals surface area contributed by atoms with Gasteiger partial charge in [-0.15, -0.1) is 0 Å². The summed E-state index contributed by atoms with van der Waals surface area (Å²) in [5.74, 6) is -0.873. The number of epoxide rings is 1. The molecule has 1 fully saturated rings. The molecule has 0 N–H and O–H groups in total. The highest BCUT2D eigenvalue weighted by Gasteiger charge is 2.36. The van der Waals surface area contributed by atoms with Gasteiger partial charge in [-0.1, -0.05) is 121 Å². The molecule has 320 valence electrons. The van der Waals surface area contributed by atoms with E-state index in [9.17, 15) is 19.0 Å². The van der Waals surface area contributed by atoms with Crippen molar-refractivity contribution in [3.05, 3.63) is 36.5 Å². The molecule has 0 aromatic rings.